The summed E-state index contributed by atoms with van der Waals surface area (Å²) in [7, 11) is 0. The Hall–Kier alpha value is -3.20. The Morgan fingerprint density at radius 3 is 2.19 bits per heavy atom. The Morgan fingerprint density at radius 2 is 1.55 bits per heavy atom. The molecule has 5 fully saturated rings. The number of amides is 2. The van der Waals surface area contributed by atoms with Gasteiger partial charge in [-0.15, -0.1) is 0 Å². The average molecular weight is 821 g/mol. The van der Waals surface area contributed by atoms with Crippen molar-refractivity contribution in [2.45, 2.75) is 139 Å². The van der Waals surface area contributed by atoms with Gasteiger partial charge in [0.25, 0.3) is 5.91 Å². The number of aliphatic carboxylic acids is 1. The van der Waals surface area contributed by atoms with Crippen LogP contribution in [0.5, 0.6) is 0 Å². The van der Waals surface area contributed by atoms with Crippen LogP contribution in [0.1, 0.15) is 145 Å². The first-order valence-electron chi connectivity index (χ1n) is 22.5. The van der Waals surface area contributed by atoms with Gasteiger partial charge in [-0.05, 0) is 133 Å². The van der Waals surface area contributed by atoms with Crippen molar-refractivity contribution in [2.24, 2.45) is 68.0 Å². The summed E-state index contributed by atoms with van der Waals surface area (Å²) in [6.45, 7) is 18.9. The maximum absolute atomic E-state index is 14.1. The van der Waals surface area contributed by atoms with Crippen LogP contribution in [0.25, 0.3) is 0 Å². The fourth-order valence-electron chi connectivity index (χ4n) is 14.5. The van der Waals surface area contributed by atoms with Gasteiger partial charge in [-0.3, -0.25) is 24.0 Å². The zero-order valence-electron chi connectivity index (χ0n) is 37.2. The maximum atomic E-state index is 14.1. The lowest BCUT2D eigenvalue weighted by atomic mass is 9.33. The Morgan fingerprint density at radius 1 is 0.862 bits per heavy atom. The molecule has 1 unspecified atom stereocenters. The average Bonchev–Trinajstić information content (AvgIpc) is 3.43. The van der Waals surface area contributed by atoms with Crippen LogP contribution in [-0.2, 0) is 23.9 Å². The fraction of sp³-hybridized carbons (Fsp3) is 0.729. The van der Waals surface area contributed by atoms with Gasteiger partial charge < -0.3 is 20.5 Å². The van der Waals surface area contributed by atoms with Gasteiger partial charge in [0.1, 0.15) is 6.10 Å². The van der Waals surface area contributed by atoms with E-state index in [4.69, 9.17) is 17.7 Å². The van der Waals surface area contributed by atoms with Gasteiger partial charge in [-0.25, -0.2) is 0 Å². The van der Waals surface area contributed by atoms with E-state index in [1.54, 1.807) is 24.3 Å². The number of rotatable bonds is 10. The number of hydrogen-bond acceptors (Lipinski definition) is 6. The number of nitrogens with one attached hydrogen (secondary N) is 2. The predicted molar refractivity (Wildman–Crippen MR) is 224 cm³/mol. The zero-order valence-corrected chi connectivity index (χ0v) is 36.9. The highest BCUT2D eigenvalue weighted by molar-refractivity contribution is 6.30. The number of allylic oxidation sites excluding steroid dienone is 2. The Bertz CT molecular complexity index is 1940. The maximum Gasteiger partial charge on any atom is 0.309 e. The van der Waals surface area contributed by atoms with E-state index in [1.807, 2.05) is 13.8 Å². The summed E-state index contributed by atoms with van der Waals surface area (Å²) in [5.74, 6) is -1.49. The molecular weight excluding hydrogens is 752 g/mol. The minimum Gasteiger partial charge on any atom is -0.481 e. The molecule has 0 radical (unpaired) electrons. The third kappa shape index (κ3) is 6.57. The number of benzene rings is 1. The predicted octanol–water partition coefficient (Wildman–Crippen LogP) is 9.22. The third-order valence-electron chi connectivity index (χ3n) is 17.9. The van der Waals surface area contributed by atoms with Gasteiger partial charge in [0, 0.05) is 47.3 Å². The number of Topliss-reactive ketones (excluding diaryl/α,β-unsaturated/α-hetero) is 1. The second kappa shape index (κ2) is 14.8. The number of ketones is 1. The minimum absolute atomic E-state index is 0.00767. The molecule has 9 nitrogen and oxygen atoms in total. The molecule has 0 aromatic heterocycles. The van der Waals surface area contributed by atoms with Crippen molar-refractivity contribution in [3.63, 3.8) is 0 Å². The van der Waals surface area contributed by atoms with Crippen molar-refractivity contribution in [1.29, 1.82) is 0 Å². The summed E-state index contributed by atoms with van der Waals surface area (Å²) in [5, 5.41) is 15.8. The lowest BCUT2D eigenvalue weighted by molar-refractivity contribution is -0.236. The van der Waals surface area contributed by atoms with Crippen LogP contribution >= 0.6 is 11.6 Å². The first kappa shape index (κ1) is 41.5. The van der Waals surface area contributed by atoms with E-state index in [2.05, 4.69) is 59.1 Å². The van der Waals surface area contributed by atoms with E-state index in [0.717, 1.165) is 56.9 Å². The number of carbonyl (C=O) groups excluding carboxylic acids is 4. The monoisotopic (exact) mass is 819 g/mol. The van der Waals surface area contributed by atoms with Gasteiger partial charge in [0.2, 0.25) is 5.91 Å². The van der Waals surface area contributed by atoms with Gasteiger partial charge >= 0.3 is 11.9 Å². The highest BCUT2D eigenvalue weighted by atomic mass is 35.5. The number of esters is 1. The second-order valence-electron chi connectivity index (χ2n) is 21.4. The lowest BCUT2D eigenvalue weighted by Gasteiger charge is -2.72. The van der Waals surface area contributed by atoms with Crippen molar-refractivity contribution in [3.05, 3.63) is 46.0 Å². The zero-order chi connectivity index (χ0) is 43.2. The standard InChI is InChI=1S/C48H67ClN2O7/c1-27(2)38-33(52)25-48(26-37(53)50-22-23-51-40(54)28-10-12-29(49)13-11-28)21-20-46(8)30(39(38)48)14-15-35-45(7)18-17-36(44(5,6)34(45)16-19-47(35,46)9)58-42(57)32-24-31(41(55)56)43(32,3)4/h10-13,27,30-32,34-36H,14-26H2,1-9H3,(H,50,53)(H,51,54)(H,55,56)/t30-,31+,32-,34+,35-,36+,45+,46-,47-,48+/m1/s1/i22D/t22?,30-,31+,32-,34+,35-,36+,45+,46-,47-,48+. The molecule has 0 aliphatic heterocycles. The van der Waals surface area contributed by atoms with Crippen molar-refractivity contribution in [3.8, 4) is 0 Å². The van der Waals surface area contributed by atoms with Gasteiger partial charge in [-0.1, -0.05) is 79.5 Å². The molecule has 0 saturated heterocycles. The van der Waals surface area contributed by atoms with Gasteiger partial charge in [-0.2, -0.15) is 0 Å². The van der Waals surface area contributed by atoms with Crippen LogP contribution in [0.15, 0.2) is 35.4 Å². The smallest absolute Gasteiger partial charge is 0.309 e. The van der Waals surface area contributed by atoms with Crippen LogP contribution < -0.4 is 10.6 Å². The fourth-order valence-corrected chi connectivity index (χ4v) is 14.6. The largest absolute Gasteiger partial charge is 0.481 e. The number of hydrogen-bond donors (Lipinski definition) is 3. The first-order chi connectivity index (χ1) is 27.4. The third-order valence-corrected chi connectivity index (χ3v) is 18.1. The summed E-state index contributed by atoms with van der Waals surface area (Å²) in [6.07, 6.45) is 8.04. The molecule has 0 spiro atoms. The first-order valence-corrected chi connectivity index (χ1v) is 22.3. The van der Waals surface area contributed by atoms with Crippen LogP contribution in [0, 0.1) is 68.0 Å². The van der Waals surface area contributed by atoms with Crippen LogP contribution in [0.2, 0.25) is 5.02 Å². The summed E-state index contributed by atoms with van der Waals surface area (Å²) < 4.78 is 15.0. The molecule has 58 heavy (non-hydrogen) atoms. The number of carboxylic acid groups (broad SMARTS) is 1. The van der Waals surface area contributed by atoms with E-state index in [-0.39, 0.29) is 76.1 Å². The normalized spacial score (nSPS) is 39.2. The summed E-state index contributed by atoms with van der Waals surface area (Å²) in [4.78, 5) is 66.0. The van der Waals surface area contributed by atoms with Crippen LogP contribution in [0.3, 0.4) is 0 Å². The topological polar surface area (TPSA) is 139 Å². The molecule has 1 aromatic carbocycles. The molecule has 0 bridgehead atoms. The lowest BCUT2D eigenvalue weighted by Crippen LogP contribution is -2.66. The molecule has 1 aromatic rings. The second-order valence-corrected chi connectivity index (χ2v) is 21.9. The van der Waals surface area contributed by atoms with Crippen LogP contribution in [-0.4, -0.2) is 53.8 Å². The van der Waals surface area contributed by atoms with E-state index in [1.165, 1.54) is 5.57 Å². The van der Waals surface area contributed by atoms with E-state index < -0.39 is 35.2 Å². The molecule has 3 N–H and O–H groups in total. The summed E-state index contributed by atoms with van der Waals surface area (Å²) in [5.41, 5.74) is 1.03. The summed E-state index contributed by atoms with van der Waals surface area (Å²) in [6, 6.07) is 6.50. The molecule has 318 valence electrons. The Kier molecular flexibility index (Phi) is 10.6. The van der Waals surface area contributed by atoms with Gasteiger partial charge in [0.05, 0.1) is 13.2 Å². The molecule has 6 aliphatic rings. The highest BCUT2D eigenvalue weighted by Gasteiger charge is 2.70. The highest BCUT2D eigenvalue weighted by Crippen LogP contribution is 2.77. The van der Waals surface area contributed by atoms with Gasteiger partial charge in [0.15, 0.2) is 5.78 Å². The van der Waals surface area contributed by atoms with E-state index >= 15 is 0 Å². The van der Waals surface area contributed by atoms with Crippen molar-refractivity contribution < 1.29 is 35.2 Å². The Labute approximate surface area is 352 Å². The molecular formula is C48H67ClN2O7. The molecule has 7 rings (SSSR count). The summed E-state index contributed by atoms with van der Waals surface area (Å²) >= 11 is 5.96. The SMILES string of the molecule is [2H]C(CNC(=O)c1ccc(Cl)cc1)NC(=O)C[C@@]12CC[C@]3(C)[C@H](CC[C@@H]4[C@@]5(C)CC[C@H](OC(=O)[C@H]6C[C@@H](C(=O)O)C6(C)C)C(C)(C)[C@@H]5CC[C@]43C)C1=C(C(C)C)C(=O)C2. The van der Waals surface area contributed by atoms with E-state index in [0.29, 0.717) is 35.3 Å². The quantitative estimate of drug-likeness (QED) is 0.200. The number of halogens is 1. The number of fused-ring (bicyclic) bond motifs is 7. The molecule has 6 aliphatic carbocycles. The van der Waals surface area contributed by atoms with Crippen molar-refractivity contribution >= 4 is 41.1 Å². The minimum atomic E-state index is -1.04. The molecule has 2 amide bonds. The molecule has 5 saturated carbocycles. The number of ether oxygens (including phenoxy) is 1. The number of carbonyl (C=O) groups is 5. The molecule has 11 atom stereocenters. The number of carboxylic acids is 1. The molecule has 0 heterocycles. The van der Waals surface area contributed by atoms with Crippen LogP contribution in [0.4, 0.5) is 0 Å². The Balaban J connectivity index is 1.08. The van der Waals surface area contributed by atoms with Crippen molar-refractivity contribution in [2.75, 3.05) is 13.1 Å². The van der Waals surface area contributed by atoms with E-state index in [9.17, 15) is 29.1 Å². The van der Waals surface area contributed by atoms with Crippen molar-refractivity contribution in [1.82, 2.24) is 10.6 Å². The molecule has 10 heteroatoms.